The van der Waals surface area contributed by atoms with E-state index in [9.17, 15) is 4.39 Å². The van der Waals surface area contributed by atoms with Crippen LogP contribution in [0, 0.1) is 5.82 Å². The molecule has 2 aromatic rings. The van der Waals surface area contributed by atoms with E-state index in [4.69, 9.17) is 5.73 Å². The number of hydrogen-bond acceptors (Lipinski definition) is 3. The monoisotopic (exact) mass is 273 g/mol. The second-order valence-electron chi connectivity index (χ2n) is 4.82. The van der Waals surface area contributed by atoms with Crippen LogP contribution >= 0.6 is 0 Å². The maximum absolute atomic E-state index is 13.9. The third-order valence-corrected chi connectivity index (χ3v) is 3.47. The van der Waals surface area contributed by atoms with Crippen molar-refractivity contribution in [1.82, 2.24) is 9.88 Å². The van der Waals surface area contributed by atoms with Gasteiger partial charge in [-0.1, -0.05) is 24.3 Å². The van der Waals surface area contributed by atoms with Crippen molar-refractivity contribution < 1.29 is 4.39 Å². The first kappa shape index (κ1) is 14.6. The van der Waals surface area contributed by atoms with Gasteiger partial charge in [-0.2, -0.15) is 0 Å². The summed E-state index contributed by atoms with van der Waals surface area (Å²) in [5.74, 6) is -0.201. The molecule has 0 aliphatic carbocycles. The van der Waals surface area contributed by atoms with Gasteiger partial charge < -0.3 is 5.73 Å². The highest BCUT2D eigenvalue weighted by Crippen LogP contribution is 2.21. The smallest absolute Gasteiger partial charge is 0.128 e. The van der Waals surface area contributed by atoms with Gasteiger partial charge in [0.25, 0.3) is 0 Å². The summed E-state index contributed by atoms with van der Waals surface area (Å²) in [5.41, 5.74) is 7.50. The van der Waals surface area contributed by atoms with Crippen molar-refractivity contribution in [2.75, 3.05) is 20.1 Å². The fourth-order valence-corrected chi connectivity index (χ4v) is 2.28. The van der Waals surface area contributed by atoms with Crippen molar-refractivity contribution >= 4 is 0 Å². The minimum absolute atomic E-state index is 0.111. The Morgan fingerprint density at radius 3 is 2.60 bits per heavy atom. The predicted molar refractivity (Wildman–Crippen MR) is 78.8 cm³/mol. The van der Waals surface area contributed by atoms with E-state index in [0.29, 0.717) is 12.1 Å². The maximum Gasteiger partial charge on any atom is 0.128 e. The van der Waals surface area contributed by atoms with Crippen molar-refractivity contribution in [2.45, 2.75) is 12.5 Å². The highest BCUT2D eigenvalue weighted by molar-refractivity contribution is 5.21. The van der Waals surface area contributed by atoms with Crippen LogP contribution in [0.4, 0.5) is 4.39 Å². The number of rotatable bonds is 6. The molecule has 0 aliphatic rings. The molecule has 0 saturated heterocycles. The summed E-state index contributed by atoms with van der Waals surface area (Å²) >= 11 is 0. The lowest BCUT2D eigenvalue weighted by Gasteiger charge is -2.27. The summed E-state index contributed by atoms with van der Waals surface area (Å²) in [4.78, 5) is 6.37. The zero-order chi connectivity index (χ0) is 14.4. The number of likely N-dealkylation sites (N-methyl/N-ethyl adjacent to an activating group) is 1. The molecule has 0 aliphatic heterocycles. The molecule has 2 N–H and O–H groups in total. The number of nitrogens with zero attached hydrogens (tertiary/aromatic N) is 2. The van der Waals surface area contributed by atoms with Gasteiger partial charge in [0.05, 0.1) is 0 Å². The summed E-state index contributed by atoms with van der Waals surface area (Å²) in [5, 5.41) is 0. The van der Waals surface area contributed by atoms with Gasteiger partial charge in [0.1, 0.15) is 5.82 Å². The van der Waals surface area contributed by atoms with Crippen LogP contribution < -0.4 is 5.73 Å². The molecular formula is C16H20FN3. The Bertz CT molecular complexity index is 530. The molecule has 0 saturated carbocycles. The van der Waals surface area contributed by atoms with Gasteiger partial charge >= 0.3 is 0 Å². The van der Waals surface area contributed by atoms with E-state index in [0.717, 1.165) is 18.7 Å². The van der Waals surface area contributed by atoms with Crippen molar-refractivity contribution in [1.29, 1.82) is 0 Å². The molecule has 0 radical (unpaired) electrons. The van der Waals surface area contributed by atoms with Gasteiger partial charge in [0, 0.05) is 43.0 Å². The van der Waals surface area contributed by atoms with Gasteiger partial charge in [-0.3, -0.25) is 9.88 Å². The number of aromatic nitrogens is 1. The first-order chi connectivity index (χ1) is 9.72. The largest absolute Gasteiger partial charge is 0.329 e. The number of nitrogens with two attached hydrogens (primary N) is 1. The fraction of sp³-hybridized carbons (Fsp3) is 0.312. The molecule has 20 heavy (non-hydrogen) atoms. The standard InChI is InChI=1S/C16H20FN3/c1-20(11-9-13-6-4-5-10-19-13)16(12-18)14-7-2-3-8-15(14)17/h2-8,10,16H,9,11-12,18H2,1H3. The van der Waals surface area contributed by atoms with E-state index in [1.165, 1.54) is 6.07 Å². The molecule has 0 spiro atoms. The SMILES string of the molecule is CN(CCc1ccccn1)C(CN)c1ccccc1F. The number of hydrogen-bond donors (Lipinski definition) is 1. The van der Waals surface area contributed by atoms with E-state index in [-0.39, 0.29) is 11.9 Å². The normalized spacial score (nSPS) is 12.6. The second kappa shape index (κ2) is 7.12. The Morgan fingerprint density at radius 2 is 1.95 bits per heavy atom. The lowest BCUT2D eigenvalue weighted by atomic mass is 10.0. The molecule has 0 fully saturated rings. The molecule has 0 amide bonds. The quantitative estimate of drug-likeness (QED) is 0.878. The maximum atomic E-state index is 13.9. The van der Waals surface area contributed by atoms with Crippen molar-refractivity contribution in [3.05, 3.63) is 65.7 Å². The molecule has 0 bridgehead atoms. The van der Waals surface area contributed by atoms with Crippen LogP contribution in [0.2, 0.25) is 0 Å². The van der Waals surface area contributed by atoms with E-state index < -0.39 is 0 Å². The molecule has 106 valence electrons. The van der Waals surface area contributed by atoms with E-state index in [2.05, 4.69) is 9.88 Å². The van der Waals surface area contributed by atoms with Crippen LogP contribution in [-0.2, 0) is 6.42 Å². The number of halogens is 1. The Hall–Kier alpha value is -1.78. The van der Waals surface area contributed by atoms with Crippen LogP contribution in [0.15, 0.2) is 48.7 Å². The van der Waals surface area contributed by atoms with Gasteiger partial charge in [-0.25, -0.2) is 4.39 Å². The molecule has 1 aromatic carbocycles. The molecule has 4 heteroatoms. The Kier molecular flexibility index (Phi) is 5.21. The predicted octanol–water partition coefficient (Wildman–Crippen LogP) is 2.40. The first-order valence-electron chi connectivity index (χ1n) is 6.77. The number of pyridine rings is 1. The molecule has 3 nitrogen and oxygen atoms in total. The Morgan fingerprint density at radius 1 is 1.20 bits per heavy atom. The summed E-state index contributed by atoms with van der Waals surface area (Å²) in [6, 6.07) is 12.6. The third-order valence-electron chi connectivity index (χ3n) is 3.47. The molecule has 1 aromatic heterocycles. The molecular weight excluding hydrogens is 253 g/mol. The molecule has 1 unspecified atom stereocenters. The highest BCUT2D eigenvalue weighted by Gasteiger charge is 2.18. The van der Waals surface area contributed by atoms with Crippen molar-refractivity contribution in [3.63, 3.8) is 0 Å². The first-order valence-corrected chi connectivity index (χ1v) is 6.77. The number of benzene rings is 1. The van der Waals surface area contributed by atoms with Crippen LogP contribution in [-0.4, -0.2) is 30.0 Å². The van der Waals surface area contributed by atoms with E-state index >= 15 is 0 Å². The highest BCUT2D eigenvalue weighted by atomic mass is 19.1. The van der Waals surface area contributed by atoms with Gasteiger partial charge in [0.2, 0.25) is 0 Å². The topological polar surface area (TPSA) is 42.2 Å². The van der Waals surface area contributed by atoms with Gasteiger partial charge in [0.15, 0.2) is 0 Å². The van der Waals surface area contributed by atoms with Crippen LogP contribution in [0.25, 0.3) is 0 Å². The molecule has 1 heterocycles. The van der Waals surface area contributed by atoms with Crippen molar-refractivity contribution in [2.24, 2.45) is 5.73 Å². The van der Waals surface area contributed by atoms with Crippen LogP contribution in [0.3, 0.4) is 0 Å². The fourth-order valence-electron chi connectivity index (χ4n) is 2.28. The van der Waals surface area contributed by atoms with Gasteiger partial charge in [-0.05, 0) is 25.2 Å². The average Bonchev–Trinajstić information content (AvgIpc) is 2.49. The Balaban J connectivity index is 2.03. The van der Waals surface area contributed by atoms with Crippen LogP contribution in [0.1, 0.15) is 17.3 Å². The lowest BCUT2D eigenvalue weighted by molar-refractivity contribution is 0.247. The van der Waals surface area contributed by atoms with Gasteiger partial charge in [-0.15, -0.1) is 0 Å². The lowest BCUT2D eigenvalue weighted by Crippen LogP contribution is -2.32. The summed E-state index contributed by atoms with van der Waals surface area (Å²) in [7, 11) is 1.97. The molecule has 2 rings (SSSR count). The molecule has 1 atom stereocenters. The summed E-state index contributed by atoms with van der Waals surface area (Å²) < 4.78 is 13.9. The Labute approximate surface area is 119 Å². The zero-order valence-electron chi connectivity index (χ0n) is 11.7. The van der Waals surface area contributed by atoms with E-state index in [1.54, 1.807) is 18.3 Å². The summed E-state index contributed by atoms with van der Waals surface area (Å²) in [6.07, 6.45) is 2.61. The van der Waals surface area contributed by atoms with Crippen molar-refractivity contribution in [3.8, 4) is 0 Å². The summed E-state index contributed by atoms with van der Waals surface area (Å²) in [6.45, 7) is 1.17. The second-order valence-corrected chi connectivity index (χ2v) is 4.82. The van der Waals surface area contributed by atoms with E-state index in [1.807, 2.05) is 31.3 Å². The third kappa shape index (κ3) is 3.62. The average molecular weight is 273 g/mol. The van der Waals surface area contributed by atoms with Crippen LogP contribution in [0.5, 0.6) is 0 Å². The zero-order valence-corrected chi connectivity index (χ0v) is 11.7. The minimum Gasteiger partial charge on any atom is -0.329 e. The minimum atomic E-state index is -0.201.